The van der Waals surface area contributed by atoms with Crippen molar-refractivity contribution < 1.29 is 4.79 Å². The monoisotopic (exact) mass is 289 g/mol. The number of hydrogen-bond donors (Lipinski definition) is 2. The third-order valence-electron chi connectivity index (χ3n) is 3.32. The Hall–Kier alpha value is -1.88. The highest BCUT2D eigenvalue weighted by molar-refractivity contribution is 7.80. The molecule has 0 bridgehead atoms. The zero-order chi connectivity index (χ0) is 14.9. The second-order valence-electron chi connectivity index (χ2n) is 5.18. The Bertz CT molecular complexity index is 575. The van der Waals surface area contributed by atoms with Crippen molar-refractivity contribution >= 4 is 23.2 Å². The van der Waals surface area contributed by atoms with Gasteiger partial charge in [-0.15, -0.1) is 0 Å². The van der Waals surface area contributed by atoms with Gasteiger partial charge in [0, 0.05) is 19.8 Å². The first-order valence-corrected chi connectivity index (χ1v) is 6.87. The van der Waals surface area contributed by atoms with Gasteiger partial charge in [0.25, 0.3) is 5.91 Å². The molecular weight excluding hydrogens is 270 g/mol. The highest BCUT2D eigenvalue weighted by atomic mass is 32.1. The van der Waals surface area contributed by atoms with Gasteiger partial charge < -0.3 is 15.5 Å². The molecule has 2 rings (SSSR count). The first-order chi connectivity index (χ1) is 9.40. The maximum atomic E-state index is 12.4. The summed E-state index contributed by atoms with van der Waals surface area (Å²) in [5.41, 5.74) is 3.72. The fourth-order valence-corrected chi connectivity index (χ4v) is 2.50. The van der Waals surface area contributed by atoms with Crippen LogP contribution in [0.2, 0.25) is 0 Å². The quantitative estimate of drug-likeness (QED) is 0.816. The van der Waals surface area contributed by atoms with Crippen molar-refractivity contribution in [2.45, 2.75) is 19.9 Å². The number of likely N-dealkylation sites (N-methyl/N-ethyl adjacent to an activating group) is 1. The van der Waals surface area contributed by atoms with Gasteiger partial charge in [0.05, 0.1) is 11.6 Å². The number of amides is 1. The van der Waals surface area contributed by atoms with E-state index in [0.717, 1.165) is 11.3 Å². The highest BCUT2D eigenvalue weighted by Crippen LogP contribution is 2.27. The summed E-state index contributed by atoms with van der Waals surface area (Å²) >= 11 is 5.21. The molecule has 1 aliphatic rings. The minimum absolute atomic E-state index is 0.0180. The van der Waals surface area contributed by atoms with Crippen molar-refractivity contribution in [3.63, 3.8) is 0 Å². The van der Waals surface area contributed by atoms with E-state index in [-0.39, 0.29) is 11.9 Å². The molecule has 1 atom stereocenters. The van der Waals surface area contributed by atoms with E-state index < -0.39 is 0 Å². The predicted molar refractivity (Wildman–Crippen MR) is 84.2 cm³/mol. The van der Waals surface area contributed by atoms with E-state index in [4.69, 9.17) is 12.2 Å². The van der Waals surface area contributed by atoms with E-state index in [1.807, 2.05) is 38.1 Å². The Kier molecular flexibility index (Phi) is 4.09. The molecule has 1 aromatic carbocycles. The summed E-state index contributed by atoms with van der Waals surface area (Å²) in [5.74, 6) is -0.0180. The summed E-state index contributed by atoms with van der Waals surface area (Å²) in [4.78, 5) is 14.0. The number of allylic oxidation sites excluding steroid dienone is 1. The van der Waals surface area contributed by atoms with Crippen LogP contribution in [0.3, 0.4) is 0 Å². The molecule has 0 aliphatic carbocycles. The first kappa shape index (κ1) is 14.5. The van der Waals surface area contributed by atoms with E-state index >= 15 is 0 Å². The lowest BCUT2D eigenvalue weighted by molar-refractivity contribution is -0.125. The summed E-state index contributed by atoms with van der Waals surface area (Å²) in [6, 6.07) is 7.91. The van der Waals surface area contributed by atoms with Crippen molar-refractivity contribution in [1.29, 1.82) is 0 Å². The Morgan fingerprint density at radius 3 is 2.35 bits per heavy atom. The normalized spacial score (nSPS) is 18.4. The van der Waals surface area contributed by atoms with Crippen LogP contribution < -0.4 is 10.6 Å². The minimum Gasteiger partial charge on any atom is -0.351 e. The summed E-state index contributed by atoms with van der Waals surface area (Å²) in [6.45, 7) is 3.92. The maximum Gasteiger partial charge on any atom is 0.253 e. The fraction of sp³-hybridized carbons (Fsp3) is 0.333. The van der Waals surface area contributed by atoms with Gasteiger partial charge >= 0.3 is 0 Å². The van der Waals surface area contributed by atoms with E-state index in [2.05, 4.69) is 10.6 Å². The molecule has 0 saturated carbocycles. The number of nitrogens with one attached hydrogen (secondary N) is 2. The van der Waals surface area contributed by atoms with Crippen molar-refractivity contribution in [3.8, 4) is 0 Å². The van der Waals surface area contributed by atoms with Gasteiger partial charge in [0.15, 0.2) is 5.11 Å². The average Bonchev–Trinajstić information content (AvgIpc) is 2.38. The number of thiocarbonyl (C=S) groups is 1. The van der Waals surface area contributed by atoms with E-state index in [9.17, 15) is 4.79 Å². The zero-order valence-corrected chi connectivity index (χ0v) is 13.0. The summed E-state index contributed by atoms with van der Waals surface area (Å²) in [5, 5.41) is 6.76. The molecule has 4 nitrogen and oxygen atoms in total. The summed E-state index contributed by atoms with van der Waals surface area (Å²) in [7, 11) is 3.50. The van der Waals surface area contributed by atoms with Gasteiger partial charge in [-0.1, -0.05) is 29.8 Å². The molecule has 0 saturated heterocycles. The number of nitrogens with zero attached hydrogens (tertiary/aromatic N) is 1. The molecule has 1 heterocycles. The molecule has 2 N–H and O–H groups in total. The Balaban J connectivity index is 2.47. The molecule has 5 heteroatoms. The smallest absolute Gasteiger partial charge is 0.253 e. The van der Waals surface area contributed by atoms with Crippen LogP contribution in [0.1, 0.15) is 24.1 Å². The molecule has 0 unspecified atom stereocenters. The number of rotatable bonds is 2. The predicted octanol–water partition coefficient (Wildman–Crippen LogP) is 1.88. The van der Waals surface area contributed by atoms with Crippen LogP contribution in [0.5, 0.6) is 0 Å². The van der Waals surface area contributed by atoms with Gasteiger partial charge in [-0.25, -0.2) is 0 Å². The van der Waals surface area contributed by atoms with Crippen LogP contribution in [0, 0.1) is 6.92 Å². The van der Waals surface area contributed by atoms with Crippen molar-refractivity contribution in [3.05, 3.63) is 46.7 Å². The fourth-order valence-electron chi connectivity index (χ4n) is 2.23. The van der Waals surface area contributed by atoms with Crippen LogP contribution in [0.4, 0.5) is 0 Å². The Morgan fingerprint density at radius 1 is 1.20 bits per heavy atom. The van der Waals surface area contributed by atoms with Crippen LogP contribution >= 0.6 is 12.2 Å². The average molecular weight is 289 g/mol. The first-order valence-electron chi connectivity index (χ1n) is 6.46. The number of benzene rings is 1. The Labute approximate surface area is 124 Å². The van der Waals surface area contributed by atoms with E-state index in [0.29, 0.717) is 10.7 Å². The lowest BCUT2D eigenvalue weighted by Crippen LogP contribution is -2.46. The van der Waals surface area contributed by atoms with Crippen molar-refractivity contribution in [2.24, 2.45) is 0 Å². The molecule has 1 aliphatic heterocycles. The molecular formula is C15H19N3OS. The molecule has 0 aromatic heterocycles. The number of carbonyl (C=O) groups is 1. The minimum atomic E-state index is -0.209. The number of aryl methyl sites for hydroxylation is 1. The second kappa shape index (κ2) is 5.63. The maximum absolute atomic E-state index is 12.4. The SMILES string of the molecule is CC1=C(C(=O)N(C)C)[C@@H](c2ccc(C)cc2)NC(=S)N1. The second-order valence-corrected chi connectivity index (χ2v) is 5.59. The van der Waals surface area contributed by atoms with Crippen LogP contribution in [-0.4, -0.2) is 30.0 Å². The van der Waals surface area contributed by atoms with E-state index in [1.165, 1.54) is 5.56 Å². The summed E-state index contributed by atoms with van der Waals surface area (Å²) in [6.07, 6.45) is 0. The number of carbonyl (C=O) groups excluding carboxylic acids is 1. The lowest BCUT2D eigenvalue weighted by Gasteiger charge is -2.31. The van der Waals surface area contributed by atoms with Crippen LogP contribution in [-0.2, 0) is 4.79 Å². The van der Waals surface area contributed by atoms with Gasteiger partial charge in [-0.3, -0.25) is 4.79 Å². The highest BCUT2D eigenvalue weighted by Gasteiger charge is 2.30. The largest absolute Gasteiger partial charge is 0.351 e. The molecule has 106 valence electrons. The van der Waals surface area contributed by atoms with Gasteiger partial charge in [-0.2, -0.15) is 0 Å². The third-order valence-corrected chi connectivity index (χ3v) is 3.54. The molecule has 1 aromatic rings. The van der Waals surface area contributed by atoms with Gasteiger partial charge in [-0.05, 0) is 31.6 Å². The van der Waals surface area contributed by atoms with Gasteiger partial charge in [0.1, 0.15) is 0 Å². The molecule has 20 heavy (non-hydrogen) atoms. The zero-order valence-electron chi connectivity index (χ0n) is 12.2. The van der Waals surface area contributed by atoms with Crippen LogP contribution in [0.15, 0.2) is 35.5 Å². The Morgan fingerprint density at radius 2 is 1.80 bits per heavy atom. The third kappa shape index (κ3) is 2.82. The summed E-state index contributed by atoms with van der Waals surface area (Å²) < 4.78 is 0. The lowest BCUT2D eigenvalue weighted by atomic mass is 9.94. The van der Waals surface area contributed by atoms with E-state index in [1.54, 1.807) is 19.0 Å². The van der Waals surface area contributed by atoms with Crippen molar-refractivity contribution in [2.75, 3.05) is 14.1 Å². The van der Waals surface area contributed by atoms with Crippen LogP contribution in [0.25, 0.3) is 0 Å². The topological polar surface area (TPSA) is 44.4 Å². The molecule has 1 amide bonds. The number of hydrogen-bond acceptors (Lipinski definition) is 2. The molecule has 0 radical (unpaired) electrons. The molecule has 0 spiro atoms. The standard InChI is InChI=1S/C15H19N3OS/c1-9-5-7-11(8-6-9)13-12(14(19)18(3)4)10(2)16-15(20)17-13/h5-8,13H,1-4H3,(H2,16,17,20)/t13-/m1/s1. The van der Waals surface area contributed by atoms with Crippen molar-refractivity contribution in [1.82, 2.24) is 15.5 Å². The molecule has 0 fully saturated rings. The van der Waals surface area contributed by atoms with Gasteiger partial charge in [0.2, 0.25) is 0 Å².